The Bertz CT molecular complexity index is 416. The number of hydrogen-bond donors (Lipinski definition) is 1. The molecule has 0 saturated carbocycles. The SMILES string of the molecule is COCc1ccc(OC)c(C2CNCCO2)c1OC. The lowest BCUT2D eigenvalue weighted by Crippen LogP contribution is -2.33. The molecule has 1 aromatic carbocycles. The second-order valence-corrected chi connectivity index (χ2v) is 4.37. The summed E-state index contributed by atoms with van der Waals surface area (Å²) in [5, 5.41) is 3.32. The average Bonchev–Trinajstić information content (AvgIpc) is 2.48. The van der Waals surface area contributed by atoms with Crippen molar-refractivity contribution in [1.82, 2.24) is 5.32 Å². The van der Waals surface area contributed by atoms with Crippen molar-refractivity contribution in [3.63, 3.8) is 0 Å². The minimum atomic E-state index is -0.0598. The normalized spacial score (nSPS) is 19.2. The predicted octanol–water partition coefficient (Wildman–Crippen LogP) is 1.51. The van der Waals surface area contributed by atoms with Crippen molar-refractivity contribution < 1.29 is 18.9 Å². The van der Waals surface area contributed by atoms with Gasteiger partial charge >= 0.3 is 0 Å². The Morgan fingerprint density at radius 2 is 2.11 bits per heavy atom. The largest absolute Gasteiger partial charge is 0.496 e. The second-order valence-electron chi connectivity index (χ2n) is 4.37. The van der Waals surface area contributed by atoms with Crippen LogP contribution in [-0.4, -0.2) is 41.0 Å². The van der Waals surface area contributed by atoms with E-state index >= 15 is 0 Å². The van der Waals surface area contributed by atoms with Gasteiger partial charge in [-0.05, 0) is 12.1 Å². The third-order valence-corrected chi connectivity index (χ3v) is 3.21. The number of hydrogen-bond acceptors (Lipinski definition) is 5. The molecule has 5 heteroatoms. The summed E-state index contributed by atoms with van der Waals surface area (Å²) in [5.41, 5.74) is 1.95. The number of morpholine rings is 1. The monoisotopic (exact) mass is 267 g/mol. The Hall–Kier alpha value is -1.30. The molecule has 5 nitrogen and oxygen atoms in total. The topological polar surface area (TPSA) is 49.0 Å². The average molecular weight is 267 g/mol. The van der Waals surface area contributed by atoms with Gasteiger partial charge < -0.3 is 24.3 Å². The van der Waals surface area contributed by atoms with Gasteiger partial charge in [-0.2, -0.15) is 0 Å². The molecule has 1 aromatic rings. The first-order valence-electron chi connectivity index (χ1n) is 6.36. The van der Waals surface area contributed by atoms with Crippen LogP contribution in [0.5, 0.6) is 11.5 Å². The minimum Gasteiger partial charge on any atom is -0.496 e. The summed E-state index contributed by atoms with van der Waals surface area (Å²) < 4.78 is 22.0. The smallest absolute Gasteiger partial charge is 0.133 e. The molecular weight excluding hydrogens is 246 g/mol. The van der Waals surface area contributed by atoms with Crippen molar-refractivity contribution in [1.29, 1.82) is 0 Å². The molecule has 1 heterocycles. The highest BCUT2D eigenvalue weighted by Crippen LogP contribution is 2.39. The maximum atomic E-state index is 5.82. The number of ether oxygens (including phenoxy) is 4. The Kier molecular flexibility index (Phi) is 5.01. The van der Waals surface area contributed by atoms with E-state index in [4.69, 9.17) is 18.9 Å². The van der Waals surface area contributed by atoms with Crippen molar-refractivity contribution in [2.75, 3.05) is 41.0 Å². The fraction of sp³-hybridized carbons (Fsp3) is 0.571. The molecule has 1 saturated heterocycles. The van der Waals surface area contributed by atoms with E-state index in [1.807, 2.05) is 12.1 Å². The molecule has 0 spiro atoms. The van der Waals surface area contributed by atoms with Gasteiger partial charge in [-0.3, -0.25) is 0 Å². The standard InChI is InChI=1S/C14H21NO4/c1-16-9-10-4-5-11(17-2)13(14(10)18-3)12-8-15-6-7-19-12/h4-5,12,15H,6-9H2,1-3H3. The quantitative estimate of drug-likeness (QED) is 0.876. The number of nitrogens with one attached hydrogen (secondary N) is 1. The summed E-state index contributed by atoms with van der Waals surface area (Å²) >= 11 is 0. The highest BCUT2D eigenvalue weighted by molar-refractivity contribution is 5.51. The zero-order valence-electron chi connectivity index (χ0n) is 11.7. The van der Waals surface area contributed by atoms with Crippen LogP contribution in [0.4, 0.5) is 0 Å². The molecule has 1 aliphatic rings. The van der Waals surface area contributed by atoms with Gasteiger partial charge in [0.1, 0.15) is 17.6 Å². The van der Waals surface area contributed by atoms with Crippen molar-refractivity contribution in [2.24, 2.45) is 0 Å². The molecule has 1 fully saturated rings. The van der Waals surface area contributed by atoms with Gasteiger partial charge in [0, 0.05) is 25.8 Å². The Morgan fingerprint density at radius 3 is 2.68 bits per heavy atom. The summed E-state index contributed by atoms with van der Waals surface area (Å²) in [6.07, 6.45) is -0.0598. The molecule has 1 aliphatic heterocycles. The molecule has 0 amide bonds. The summed E-state index contributed by atoms with van der Waals surface area (Å²) in [5.74, 6) is 1.57. The number of methoxy groups -OCH3 is 3. The van der Waals surface area contributed by atoms with Gasteiger partial charge in [0.15, 0.2) is 0 Å². The van der Waals surface area contributed by atoms with Crippen molar-refractivity contribution in [3.05, 3.63) is 23.3 Å². The van der Waals surface area contributed by atoms with Gasteiger partial charge in [0.2, 0.25) is 0 Å². The molecule has 0 radical (unpaired) electrons. The molecule has 1 atom stereocenters. The highest BCUT2D eigenvalue weighted by Gasteiger charge is 2.25. The Labute approximate surface area is 113 Å². The van der Waals surface area contributed by atoms with E-state index in [-0.39, 0.29) is 6.10 Å². The van der Waals surface area contributed by atoms with Crippen LogP contribution < -0.4 is 14.8 Å². The van der Waals surface area contributed by atoms with Gasteiger partial charge in [-0.1, -0.05) is 0 Å². The molecule has 2 rings (SSSR count). The van der Waals surface area contributed by atoms with Crippen LogP contribution in [0.15, 0.2) is 12.1 Å². The lowest BCUT2D eigenvalue weighted by Gasteiger charge is -2.27. The molecule has 1 unspecified atom stereocenters. The van der Waals surface area contributed by atoms with Crippen LogP contribution in [0.3, 0.4) is 0 Å². The summed E-state index contributed by atoms with van der Waals surface area (Å²) in [6.45, 7) is 2.81. The molecule has 0 aromatic heterocycles. The first kappa shape index (κ1) is 14.1. The fourth-order valence-corrected chi connectivity index (χ4v) is 2.37. The van der Waals surface area contributed by atoms with E-state index in [0.29, 0.717) is 13.2 Å². The minimum absolute atomic E-state index is 0.0598. The van der Waals surface area contributed by atoms with E-state index in [0.717, 1.165) is 35.7 Å². The zero-order chi connectivity index (χ0) is 13.7. The third kappa shape index (κ3) is 3.00. The lowest BCUT2D eigenvalue weighted by molar-refractivity contribution is 0.0245. The maximum absolute atomic E-state index is 5.82. The highest BCUT2D eigenvalue weighted by atomic mass is 16.5. The molecule has 0 aliphatic carbocycles. The lowest BCUT2D eigenvalue weighted by atomic mass is 10.0. The van der Waals surface area contributed by atoms with Crippen LogP contribution in [0.25, 0.3) is 0 Å². The fourth-order valence-electron chi connectivity index (χ4n) is 2.37. The van der Waals surface area contributed by atoms with Crippen LogP contribution in [0.2, 0.25) is 0 Å². The number of rotatable bonds is 5. The maximum Gasteiger partial charge on any atom is 0.133 e. The van der Waals surface area contributed by atoms with E-state index in [9.17, 15) is 0 Å². The second kappa shape index (κ2) is 6.75. The van der Waals surface area contributed by atoms with Crippen LogP contribution in [0, 0.1) is 0 Å². The molecule has 0 bridgehead atoms. The van der Waals surface area contributed by atoms with Gasteiger partial charge in [0.25, 0.3) is 0 Å². The van der Waals surface area contributed by atoms with E-state index in [2.05, 4.69) is 5.32 Å². The van der Waals surface area contributed by atoms with Crippen LogP contribution in [-0.2, 0) is 16.1 Å². The zero-order valence-corrected chi connectivity index (χ0v) is 11.7. The molecular formula is C14H21NO4. The van der Waals surface area contributed by atoms with Crippen LogP contribution >= 0.6 is 0 Å². The van der Waals surface area contributed by atoms with Crippen molar-refractivity contribution in [2.45, 2.75) is 12.7 Å². The van der Waals surface area contributed by atoms with Gasteiger partial charge in [-0.25, -0.2) is 0 Å². The first-order chi connectivity index (χ1) is 9.31. The van der Waals surface area contributed by atoms with Crippen molar-refractivity contribution in [3.8, 4) is 11.5 Å². The van der Waals surface area contributed by atoms with E-state index < -0.39 is 0 Å². The Morgan fingerprint density at radius 1 is 1.26 bits per heavy atom. The molecule has 1 N–H and O–H groups in total. The van der Waals surface area contributed by atoms with E-state index in [1.54, 1.807) is 21.3 Å². The van der Waals surface area contributed by atoms with Crippen LogP contribution in [0.1, 0.15) is 17.2 Å². The molecule has 106 valence electrons. The van der Waals surface area contributed by atoms with Gasteiger partial charge in [-0.15, -0.1) is 0 Å². The number of benzene rings is 1. The Balaban J connectivity index is 2.43. The summed E-state index contributed by atoms with van der Waals surface area (Å²) in [7, 11) is 4.99. The molecule has 19 heavy (non-hydrogen) atoms. The summed E-state index contributed by atoms with van der Waals surface area (Å²) in [4.78, 5) is 0. The summed E-state index contributed by atoms with van der Waals surface area (Å²) in [6, 6.07) is 3.89. The van der Waals surface area contributed by atoms with Crippen molar-refractivity contribution >= 4 is 0 Å². The van der Waals surface area contributed by atoms with E-state index in [1.165, 1.54) is 0 Å². The van der Waals surface area contributed by atoms with Gasteiger partial charge in [0.05, 0.1) is 33.0 Å². The third-order valence-electron chi connectivity index (χ3n) is 3.21. The predicted molar refractivity (Wildman–Crippen MR) is 71.8 cm³/mol. The first-order valence-corrected chi connectivity index (χ1v) is 6.36.